The average Bonchev–Trinajstić information content (AvgIpc) is 2.98. The molecule has 0 spiro atoms. The molecule has 1 saturated heterocycles. The van der Waals surface area contributed by atoms with Gasteiger partial charge in [0.1, 0.15) is 24.1 Å². The van der Waals surface area contributed by atoms with E-state index < -0.39 is 5.60 Å². The van der Waals surface area contributed by atoms with Crippen LogP contribution < -0.4 is 14.2 Å². The van der Waals surface area contributed by atoms with Gasteiger partial charge in [-0.3, -0.25) is 4.79 Å². The molecular formula is C33H46N2O7. The van der Waals surface area contributed by atoms with Gasteiger partial charge in [-0.15, -0.1) is 0 Å². The van der Waals surface area contributed by atoms with Gasteiger partial charge < -0.3 is 33.5 Å². The zero-order valence-corrected chi connectivity index (χ0v) is 25.7. The molecule has 1 saturated carbocycles. The molecule has 1 aliphatic carbocycles. The van der Waals surface area contributed by atoms with Crippen molar-refractivity contribution in [1.29, 1.82) is 0 Å². The fourth-order valence-corrected chi connectivity index (χ4v) is 5.59. The number of rotatable bonds is 10. The van der Waals surface area contributed by atoms with Gasteiger partial charge in [0, 0.05) is 25.0 Å². The van der Waals surface area contributed by atoms with Crippen LogP contribution in [0.4, 0.5) is 4.79 Å². The Kier molecular flexibility index (Phi) is 11.0. The summed E-state index contributed by atoms with van der Waals surface area (Å²) in [7, 11) is 1.61. The highest BCUT2D eigenvalue weighted by molar-refractivity contribution is 5.79. The van der Waals surface area contributed by atoms with E-state index in [2.05, 4.69) is 0 Å². The third-order valence-corrected chi connectivity index (χ3v) is 7.62. The van der Waals surface area contributed by atoms with Crippen LogP contribution in [0.15, 0.2) is 48.5 Å². The Morgan fingerprint density at radius 1 is 1.00 bits per heavy atom. The third-order valence-electron chi connectivity index (χ3n) is 7.62. The van der Waals surface area contributed by atoms with E-state index in [1.165, 1.54) is 0 Å². The minimum absolute atomic E-state index is 0.00802. The molecule has 9 nitrogen and oxygen atoms in total. The molecule has 0 bridgehead atoms. The highest BCUT2D eigenvalue weighted by Gasteiger charge is 2.36. The molecule has 1 aliphatic heterocycles. The van der Waals surface area contributed by atoms with Crippen LogP contribution in [0.25, 0.3) is 0 Å². The average molecular weight is 583 g/mol. The summed E-state index contributed by atoms with van der Waals surface area (Å²) >= 11 is 0. The van der Waals surface area contributed by atoms with Gasteiger partial charge in [-0.05, 0) is 83.2 Å². The van der Waals surface area contributed by atoms with Crippen molar-refractivity contribution in [3.8, 4) is 17.2 Å². The SMILES string of the molecule is CCOc1cccc(CN(C(=O)OC(C)(C)C)C2CCC(C(=O)N3CCO[C@@H](COc4ccccc4OC)C3)CC2)c1. The number of hydrogen-bond acceptors (Lipinski definition) is 7. The Hall–Kier alpha value is -3.46. The second-order valence-electron chi connectivity index (χ2n) is 11.9. The largest absolute Gasteiger partial charge is 0.494 e. The first-order chi connectivity index (χ1) is 20.2. The molecule has 4 rings (SSSR count). The molecule has 230 valence electrons. The van der Waals surface area contributed by atoms with E-state index in [0.29, 0.717) is 51.0 Å². The molecule has 1 heterocycles. The number of hydrogen-bond donors (Lipinski definition) is 0. The maximum Gasteiger partial charge on any atom is 0.410 e. The predicted molar refractivity (Wildman–Crippen MR) is 160 cm³/mol. The summed E-state index contributed by atoms with van der Waals surface area (Å²) in [6.07, 6.45) is 2.39. The van der Waals surface area contributed by atoms with E-state index in [1.807, 2.05) is 86.0 Å². The van der Waals surface area contributed by atoms with Crippen LogP contribution in [-0.2, 0) is 20.8 Å². The minimum atomic E-state index is -0.599. The fourth-order valence-electron chi connectivity index (χ4n) is 5.59. The maximum absolute atomic E-state index is 13.6. The van der Waals surface area contributed by atoms with E-state index in [0.717, 1.165) is 37.0 Å². The van der Waals surface area contributed by atoms with Gasteiger partial charge >= 0.3 is 6.09 Å². The number of carbonyl (C=O) groups is 2. The van der Waals surface area contributed by atoms with E-state index in [9.17, 15) is 9.59 Å². The standard InChI is InChI=1S/C33H46N2O7/c1-6-39-27-11-9-10-24(20-27)21-35(32(37)42-33(2,3)4)26-16-14-25(15-17-26)31(36)34-18-19-40-28(22-34)23-41-30-13-8-7-12-29(30)38-5/h7-13,20,25-26,28H,6,14-19,21-23H2,1-5H3/t25?,26?,28-/m1/s1. The van der Waals surface area contributed by atoms with Crippen LogP contribution in [0.3, 0.4) is 0 Å². The third kappa shape index (κ3) is 8.77. The summed E-state index contributed by atoms with van der Waals surface area (Å²) in [4.78, 5) is 30.6. The highest BCUT2D eigenvalue weighted by atomic mass is 16.6. The van der Waals surface area contributed by atoms with Gasteiger partial charge in [-0.1, -0.05) is 24.3 Å². The summed E-state index contributed by atoms with van der Waals surface area (Å²) < 4.78 is 28.7. The normalized spacial score (nSPS) is 20.9. The molecule has 42 heavy (non-hydrogen) atoms. The number of methoxy groups -OCH3 is 1. The molecule has 9 heteroatoms. The summed E-state index contributed by atoms with van der Waals surface area (Å²) in [6, 6.07) is 15.3. The second kappa shape index (κ2) is 14.6. The molecule has 2 aliphatic rings. The number of para-hydroxylation sites is 2. The van der Waals surface area contributed by atoms with Crippen LogP contribution in [0.1, 0.15) is 58.9 Å². The number of ether oxygens (including phenoxy) is 5. The van der Waals surface area contributed by atoms with Gasteiger partial charge in [-0.25, -0.2) is 4.79 Å². The zero-order chi connectivity index (χ0) is 30.1. The van der Waals surface area contributed by atoms with Gasteiger partial charge in [0.05, 0.1) is 26.9 Å². The lowest BCUT2D eigenvalue weighted by Gasteiger charge is -2.39. The topological polar surface area (TPSA) is 86.8 Å². The van der Waals surface area contributed by atoms with Crippen molar-refractivity contribution in [2.24, 2.45) is 5.92 Å². The molecule has 2 aromatic carbocycles. The number of carbonyl (C=O) groups excluding carboxylic acids is 2. The molecule has 2 fully saturated rings. The van der Waals surface area contributed by atoms with Crippen LogP contribution in [0.5, 0.6) is 17.2 Å². The second-order valence-corrected chi connectivity index (χ2v) is 11.9. The number of morpholine rings is 1. The van der Waals surface area contributed by atoms with Crippen LogP contribution in [-0.4, -0.2) is 79.6 Å². The van der Waals surface area contributed by atoms with Gasteiger partial charge in [0.15, 0.2) is 11.5 Å². The Balaban J connectivity index is 1.34. The van der Waals surface area contributed by atoms with Gasteiger partial charge in [0.2, 0.25) is 5.91 Å². The van der Waals surface area contributed by atoms with Crippen molar-refractivity contribution in [2.75, 3.05) is 40.0 Å². The molecule has 2 amide bonds. The quantitative estimate of drug-likeness (QED) is 0.355. The molecule has 0 unspecified atom stereocenters. The monoisotopic (exact) mass is 582 g/mol. The van der Waals surface area contributed by atoms with E-state index in [-0.39, 0.29) is 30.1 Å². The Morgan fingerprint density at radius 2 is 1.74 bits per heavy atom. The highest BCUT2D eigenvalue weighted by Crippen LogP contribution is 2.32. The first-order valence-corrected chi connectivity index (χ1v) is 15.0. The van der Waals surface area contributed by atoms with E-state index in [4.69, 9.17) is 23.7 Å². The van der Waals surface area contributed by atoms with E-state index >= 15 is 0 Å². The van der Waals surface area contributed by atoms with Crippen LogP contribution in [0, 0.1) is 5.92 Å². The predicted octanol–water partition coefficient (Wildman–Crippen LogP) is 5.70. The van der Waals surface area contributed by atoms with Gasteiger partial charge in [0.25, 0.3) is 0 Å². The molecule has 0 radical (unpaired) electrons. The number of nitrogens with zero attached hydrogens (tertiary/aromatic N) is 2. The van der Waals surface area contributed by atoms with Crippen molar-refractivity contribution in [3.05, 3.63) is 54.1 Å². The first kappa shape index (κ1) is 31.5. The summed E-state index contributed by atoms with van der Waals surface area (Å²) in [5.74, 6) is 2.19. The minimum Gasteiger partial charge on any atom is -0.494 e. The first-order valence-electron chi connectivity index (χ1n) is 15.0. The molecule has 0 N–H and O–H groups in total. The smallest absolute Gasteiger partial charge is 0.410 e. The summed E-state index contributed by atoms with van der Waals surface area (Å²) in [5, 5.41) is 0. The molecule has 0 aromatic heterocycles. The lowest BCUT2D eigenvalue weighted by atomic mass is 9.84. The van der Waals surface area contributed by atoms with Crippen LogP contribution in [0.2, 0.25) is 0 Å². The number of amides is 2. The van der Waals surface area contributed by atoms with E-state index in [1.54, 1.807) is 7.11 Å². The molecule has 2 aromatic rings. The Labute approximate surface area is 250 Å². The van der Waals surface area contributed by atoms with Crippen LogP contribution >= 0.6 is 0 Å². The number of benzene rings is 2. The lowest BCUT2D eigenvalue weighted by Crippen LogP contribution is -2.51. The van der Waals surface area contributed by atoms with Gasteiger partial charge in [-0.2, -0.15) is 0 Å². The fraction of sp³-hybridized carbons (Fsp3) is 0.576. The Morgan fingerprint density at radius 3 is 2.43 bits per heavy atom. The zero-order valence-electron chi connectivity index (χ0n) is 25.7. The molecule has 1 atom stereocenters. The summed E-state index contributed by atoms with van der Waals surface area (Å²) in [6.45, 7) is 10.5. The van der Waals surface area contributed by atoms with Crippen molar-refractivity contribution in [1.82, 2.24) is 9.80 Å². The lowest BCUT2D eigenvalue weighted by molar-refractivity contribution is -0.145. The van der Waals surface area contributed by atoms with Crippen molar-refractivity contribution >= 4 is 12.0 Å². The maximum atomic E-state index is 13.6. The van der Waals surface area contributed by atoms with Crippen molar-refractivity contribution in [3.63, 3.8) is 0 Å². The summed E-state index contributed by atoms with van der Waals surface area (Å²) in [5.41, 5.74) is 0.387. The van der Waals surface area contributed by atoms with Crippen molar-refractivity contribution < 1.29 is 33.3 Å². The molecular weight excluding hydrogens is 536 g/mol. The van der Waals surface area contributed by atoms with Crippen molar-refractivity contribution in [2.45, 2.75) is 77.7 Å². The Bertz CT molecular complexity index is 1170.